The summed E-state index contributed by atoms with van der Waals surface area (Å²) < 4.78 is 0. The summed E-state index contributed by atoms with van der Waals surface area (Å²) in [6.07, 6.45) is 1.87. The van der Waals surface area contributed by atoms with Crippen LogP contribution in [0.2, 0.25) is 5.02 Å². The number of benzene rings is 1. The van der Waals surface area contributed by atoms with Gasteiger partial charge in [-0.25, -0.2) is 0 Å². The van der Waals surface area contributed by atoms with Gasteiger partial charge in [-0.1, -0.05) is 36.4 Å². The normalized spacial score (nSPS) is 10.1. The monoisotopic (exact) mass is 220 g/mol. The second-order valence-electron chi connectivity index (χ2n) is 2.91. The van der Waals surface area contributed by atoms with E-state index in [1.54, 1.807) is 11.3 Å². The molecule has 0 bridgehead atoms. The van der Waals surface area contributed by atoms with Crippen LogP contribution in [0.15, 0.2) is 43.0 Å². The summed E-state index contributed by atoms with van der Waals surface area (Å²) in [6.45, 7) is 3.74. The molecule has 0 nitrogen and oxygen atoms in total. The van der Waals surface area contributed by atoms with Gasteiger partial charge in [0, 0.05) is 14.8 Å². The van der Waals surface area contributed by atoms with Gasteiger partial charge < -0.3 is 0 Å². The Bertz CT molecular complexity index is 440. The van der Waals surface area contributed by atoms with Crippen molar-refractivity contribution < 1.29 is 0 Å². The SMILES string of the molecule is C=Cc1ccc(-c2ccc(Cl)cc2)s1. The van der Waals surface area contributed by atoms with Crippen LogP contribution in [-0.2, 0) is 0 Å². The van der Waals surface area contributed by atoms with Crippen molar-refractivity contribution in [3.05, 3.63) is 52.9 Å². The van der Waals surface area contributed by atoms with Gasteiger partial charge in [-0.05, 0) is 29.8 Å². The van der Waals surface area contributed by atoms with Gasteiger partial charge in [-0.15, -0.1) is 11.3 Å². The summed E-state index contributed by atoms with van der Waals surface area (Å²) in [5.74, 6) is 0. The molecule has 1 aromatic carbocycles. The zero-order valence-electron chi connectivity index (χ0n) is 7.53. The maximum absolute atomic E-state index is 5.82. The highest BCUT2D eigenvalue weighted by atomic mass is 35.5. The lowest BCUT2D eigenvalue weighted by molar-refractivity contribution is 1.70. The third kappa shape index (κ3) is 1.89. The molecule has 0 radical (unpaired) electrons. The molecule has 0 aliphatic rings. The Morgan fingerprint density at radius 1 is 1.07 bits per heavy atom. The fourth-order valence-electron chi connectivity index (χ4n) is 1.23. The van der Waals surface area contributed by atoms with Crippen molar-refractivity contribution in [1.29, 1.82) is 0 Å². The number of hydrogen-bond donors (Lipinski definition) is 0. The van der Waals surface area contributed by atoms with E-state index in [4.69, 9.17) is 11.6 Å². The van der Waals surface area contributed by atoms with Crippen LogP contribution < -0.4 is 0 Å². The first-order chi connectivity index (χ1) is 6.79. The minimum Gasteiger partial charge on any atom is -0.136 e. The first kappa shape index (κ1) is 9.50. The standard InChI is InChI=1S/C12H9ClS/c1-2-11-7-8-12(14-11)9-3-5-10(13)6-4-9/h2-8H,1H2. The van der Waals surface area contributed by atoms with Gasteiger partial charge in [0.1, 0.15) is 0 Å². The Balaban J connectivity index is 2.39. The molecule has 0 aliphatic heterocycles. The summed E-state index contributed by atoms with van der Waals surface area (Å²) in [7, 11) is 0. The molecule has 0 N–H and O–H groups in total. The number of halogens is 1. The van der Waals surface area contributed by atoms with Crippen LogP contribution in [0.3, 0.4) is 0 Å². The van der Waals surface area contributed by atoms with Crippen molar-refractivity contribution in [2.24, 2.45) is 0 Å². The predicted molar refractivity (Wildman–Crippen MR) is 64.9 cm³/mol. The van der Waals surface area contributed by atoms with Crippen LogP contribution in [-0.4, -0.2) is 0 Å². The fourth-order valence-corrected chi connectivity index (χ4v) is 2.22. The second kappa shape index (κ2) is 3.99. The highest BCUT2D eigenvalue weighted by Gasteiger charge is 2.00. The molecule has 2 heteroatoms. The molecule has 0 unspecified atom stereocenters. The van der Waals surface area contributed by atoms with Crippen LogP contribution in [0, 0.1) is 0 Å². The first-order valence-electron chi connectivity index (χ1n) is 4.28. The minimum absolute atomic E-state index is 0.772. The molecule has 0 fully saturated rings. The van der Waals surface area contributed by atoms with Crippen LogP contribution >= 0.6 is 22.9 Å². The van der Waals surface area contributed by atoms with Gasteiger partial charge in [0.2, 0.25) is 0 Å². The molecule has 2 aromatic rings. The van der Waals surface area contributed by atoms with Crippen LogP contribution in [0.1, 0.15) is 4.88 Å². The van der Waals surface area contributed by atoms with E-state index in [9.17, 15) is 0 Å². The van der Waals surface area contributed by atoms with Crippen molar-refractivity contribution in [2.45, 2.75) is 0 Å². The van der Waals surface area contributed by atoms with Gasteiger partial charge in [0.25, 0.3) is 0 Å². The number of thiophene rings is 1. The number of rotatable bonds is 2. The third-order valence-electron chi connectivity index (χ3n) is 1.96. The van der Waals surface area contributed by atoms with Crippen LogP contribution in [0.25, 0.3) is 16.5 Å². The van der Waals surface area contributed by atoms with E-state index in [0.29, 0.717) is 0 Å². The molecule has 1 heterocycles. The molecule has 0 spiro atoms. The smallest absolute Gasteiger partial charge is 0.0406 e. The van der Waals surface area contributed by atoms with E-state index in [-0.39, 0.29) is 0 Å². The largest absolute Gasteiger partial charge is 0.136 e. The van der Waals surface area contributed by atoms with Crippen LogP contribution in [0.4, 0.5) is 0 Å². The average molecular weight is 221 g/mol. The summed E-state index contributed by atoms with van der Waals surface area (Å²) in [6, 6.07) is 12.0. The summed E-state index contributed by atoms with van der Waals surface area (Å²) in [4.78, 5) is 2.44. The maximum atomic E-state index is 5.82. The topological polar surface area (TPSA) is 0 Å². The van der Waals surface area contributed by atoms with Crippen molar-refractivity contribution in [2.75, 3.05) is 0 Å². The van der Waals surface area contributed by atoms with Gasteiger partial charge in [0.15, 0.2) is 0 Å². The van der Waals surface area contributed by atoms with Gasteiger partial charge in [-0.3, -0.25) is 0 Å². The summed E-state index contributed by atoms with van der Waals surface area (Å²) in [5, 5.41) is 0.772. The van der Waals surface area contributed by atoms with Crippen molar-refractivity contribution in [3.63, 3.8) is 0 Å². The Hall–Kier alpha value is -1.05. The predicted octanol–water partition coefficient (Wildman–Crippen LogP) is 4.71. The van der Waals surface area contributed by atoms with Crippen molar-refractivity contribution in [3.8, 4) is 10.4 Å². The lowest BCUT2D eigenvalue weighted by Crippen LogP contribution is -1.69. The Morgan fingerprint density at radius 3 is 2.36 bits per heavy atom. The van der Waals surface area contributed by atoms with E-state index >= 15 is 0 Å². The molecular formula is C12H9ClS. The molecule has 1 aromatic heterocycles. The zero-order chi connectivity index (χ0) is 9.97. The lowest BCUT2D eigenvalue weighted by Gasteiger charge is -1.96. The second-order valence-corrected chi connectivity index (χ2v) is 4.46. The van der Waals surface area contributed by atoms with E-state index in [1.165, 1.54) is 15.3 Å². The van der Waals surface area contributed by atoms with E-state index in [1.807, 2.05) is 30.3 Å². The molecular weight excluding hydrogens is 212 g/mol. The van der Waals surface area contributed by atoms with E-state index in [0.717, 1.165) is 5.02 Å². The summed E-state index contributed by atoms with van der Waals surface area (Å²) in [5.41, 5.74) is 1.20. The van der Waals surface area contributed by atoms with E-state index < -0.39 is 0 Å². The summed E-state index contributed by atoms with van der Waals surface area (Å²) >= 11 is 7.55. The molecule has 0 aliphatic carbocycles. The average Bonchev–Trinajstić information content (AvgIpc) is 2.67. The van der Waals surface area contributed by atoms with Gasteiger partial charge in [0.05, 0.1) is 0 Å². The molecule has 2 rings (SSSR count). The Labute approximate surface area is 92.5 Å². The quantitative estimate of drug-likeness (QED) is 0.688. The van der Waals surface area contributed by atoms with Crippen LogP contribution in [0.5, 0.6) is 0 Å². The third-order valence-corrected chi connectivity index (χ3v) is 3.34. The van der Waals surface area contributed by atoms with Gasteiger partial charge in [-0.2, -0.15) is 0 Å². The lowest BCUT2D eigenvalue weighted by atomic mass is 10.2. The van der Waals surface area contributed by atoms with Crippen molar-refractivity contribution in [1.82, 2.24) is 0 Å². The minimum atomic E-state index is 0.772. The highest BCUT2D eigenvalue weighted by Crippen LogP contribution is 2.29. The Kier molecular flexibility index (Phi) is 2.71. The maximum Gasteiger partial charge on any atom is 0.0406 e. The number of hydrogen-bond acceptors (Lipinski definition) is 1. The highest BCUT2D eigenvalue weighted by molar-refractivity contribution is 7.16. The molecule has 14 heavy (non-hydrogen) atoms. The Morgan fingerprint density at radius 2 is 1.79 bits per heavy atom. The zero-order valence-corrected chi connectivity index (χ0v) is 9.11. The molecule has 0 saturated heterocycles. The van der Waals surface area contributed by atoms with E-state index in [2.05, 4.69) is 18.7 Å². The first-order valence-corrected chi connectivity index (χ1v) is 5.47. The van der Waals surface area contributed by atoms with Gasteiger partial charge >= 0.3 is 0 Å². The molecule has 70 valence electrons. The van der Waals surface area contributed by atoms with Crippen molar-refractivity contribution >= 4 is 29.0 Å². The molecule has 0 saturated carbocycles. The molecule has 0 amide bonds. The fraction of sp³-hybridized carbons (Fsp3) is 0. The molecule has 0 atom stereocenters.